The quantitative estimate of drug-likeness (QED) is 0.806. The minimum absolute atomic E-state index is 0.818. The molecule has 0 radical (unpaired) electrons. The number of aromatic amines is 1. The summed E-state index contributed by atoms with van der Waals surface area (Å²) in [6.45, 7) is 2.88. The van der Waals surface area contributed by atoms with Gasteiger partial charge in [-0.25, -0.2) is 9.97 Å². The molecule has 0 aliphatic heterocycles. The van der Waals surface area contributed by atoms with E-state index in [0.29, 0.717) is 0 Å². The van der Waals surface area contributed by atoms with Gasteiger partial charge in [-0.05, 0) is 6.92 Å². The summed E-state index contributed by atoms with van der Waals surface area (Å²) < 4.78 is 0. The van der Waals surface area contributed by atoms with Crippen LogP contribution in [0, 0.1) is 6.92 Å². The van der Waals surface area contributed by atoms with Gasteiger partial charge in [0.2, 0.25) is 0 Å². The van der Waals surface area contributed by atoms with Gasteiger partial charge in [-0.15, -0.1) is 11.3 Å². The molecule has 0 amide bonds. The molecule has 2 heterocycles. The van der Waals surface area contributed by atoms with Crippen molar-refractivity contribution in [1.29, 1.82) is 0 Å². The number of hydrogen-bond acceptors (Lipinski definition) is 4. The van der Waals surface area contributed by atoms with Gasteiger partial charge in [-0.2, -0.15) is 0 Å². The Morgan fingerprint density at radius 2 is 2.50 bits per heavy atom. The maximum absolute atomic E-state index is 4.38. The summed E-state index contributed by atoms with van der Waals surface area (Å²) in [7, 11) is 0. The van der Waals surface area contributed by atoms with Crippen molar-refractivity contribution in [3.8, 4) is 0 Å². The minimum atomic E-state index is 0.818. The number of H-pyrrole nitrogens is 1. The van der Waals surface area contributed by atoms with E-state index in [-0.39, 0.29) is 0 Å². The summed E-state index contributed by atoms with van der Waals surface area (Å²) in [6, 6.07) is 0. The lowest BCUT2D eigenvalue weighted by Gasteiger charge is -1.99. The number of aryl methyl sites for hydroxylation is 1. The first-order chi connectivity index (χ1) is 6.84. The molecule has 5 heteroatoms. The Bertz CT molecular complexity index is 379. The van der Waals surface area contributed by atoms with Crippen LogP contribution in [0.5, 0.6) is 0 Å². The standard InChI is InChI=1S/C9H12N4S/c1-7-6-14-8(13-7)2-3-10-9-11-4-5-12-9/h4-6H,2-3H2,1H3,(H2,10,11,12). The van der Waals surface area contributed by atoms with E-state index in [0.717, 1.165) is 24.6 Å². The maximum Gasteiger partial charge on any atom is 0.200 e. The highest BCUT2D eigenvalue weighted by atomic mass is 32.1. The summed E-state index contributed by atoms with van der Waals surface area (Å²) in [5.74, 6) is 0.818. The molecular formula is C9H12N4S. The number of thiazole rings is 1. The van der Waals surface area contributed by atoms with Crippen LogP contribution in [-0.2, 0) is 6.42 Å². The van der Waals surface area contributed by atoms with Crippen LogP contribution < -0.4 is 5.32 Å². The SMILES string of the molecule is Cc1csc(CCNc2ncc[nH]2)n1. The molecule has 0 bridgehead atoms. The smallest absolute Gasteiger partial charge is 0.200 e. The molecule has 2 N–H and O–H groups in total. The first kappa shape index (κ1) is 9.21. The summed E-state index contributed by atoms with van der Waals surface area (Å²) in [4.78, 5) is 11.4. The second-order valence-corrected chi connectivity index (χ2v) is 3.94. The first-order valence-electron chi connectivity index (χ1n) is 4.49. The monoisotopic (exact) mass is 208 g/mol. The predicted molar refractivity (Wildman–Crippen MR) is 57.6 cm³/mol. The van der Waals surface area contributed by atoms with Crippen molar-refractivity contribution in [2.75, 3.05) is 11.9 Å². The second-order valence-electron chi connectivity index (χ2n) is 3.00. The highest BCUT2D eigenvalue weighted by Gasteiger charge is 1.98. The Morgan fingerprint density at radius 1 is 1.57 bits per heavy atom. The molecule has 4 nitrogen and oxygen atoms in total. The zero-order chi connectivity index (χ0) is 9.80. The number of aromatic nitrogens is 3. The summed E-state index contributed by atoms with van der Waals surface area (Å²) in [5.41, 5.74) is 1.10. The van der Waals surface area contributed by atoms with Gasteiger partial charge >= 0.3 is 0 Å². The van der Waals surface area contributed by atoms with Crippen LogP contribution in [0.25, 0.3) is 0 Å². The Hall–Kier alpha value is -1.36. The predicted octanol–water partition coefficient (Wildman–Crippen LogP) is 1.83. The first-order valence-corrected chi connectivity index (χ1v) is 5.37. The molecule has 0 aromatic carbocycles. The third kappa shape index (κ3) is 2.32. The largest absolute Gasteiger partial charge is 0.355 e. The van der Waals surface area contributed by atoms with Gasteiger partial charge in [0.1, 0.15) is 0 Å². The fourth-order valence-corrected chi connectivity index (χ4v) is 1.94. The van der Waals surface area contributed by atoms with Crippen molar-refractivity contribution >= 4 is 17.3 Å². The van der Waals surface area contributed by atoms with Gasteiger partial charge in [0, 0.05) is 36.4 Å². The Labute approximate surface area is 86.4 Å². The Balaban J connectivity index is 1.78. The lowest BCUT2D eigenvalue weighted by Crippen LogP contribution is -2.05. The third-order valence-electron chi connectivity index (χ3n) is 1.80. The lowest BCUT2D eigenvalue weighted by atomic mass is 10.4. The number of rotatable bonds is 4. The van der Waals surface area contributed by atoms with Gasteiger partial charge in [-0.3, -0.25) is 0 Å². The van der Waals surface area contributed by atoms with Gasteiger partial charge in [-0.1, -0.05) is 0 Å². The van der Waals surface area contributed by atoms with E-state index in [1.807, 2.05) is 6.92 Å². The van der Waals surface area contributed by atoms with Crippen LogP contribution in [-0.4, -0.2) is 21.5 Å². The van der Waals surface area contributed by atoms with E-state index < -0.39 is 0 Å². The fourth-order valence-electron chi connectivity index (χ4n) is 1.17. The normalized spacial score (nSPS) is 10.4. The van der Waals surface area contributed by atoms with Crippen molar-refractivity contribution < 1.29 is 0 Å². The highest BCUT2D eigenvalue weighted by Crippen LogP contribution is 2.09. The average molecular weight is 208 g/mol. The molecule has 74 valence electrons. The molecule has 0 fully saturated rings. The van der Waals surface area contributed by atoms with Crippen molar-refractivity contribution in [1.82, 2.24) is 15.0 Å². The van der Waals surface area contributed by atoms with Crippen LogP contribution in [0.3, 0.4) is 0 Å². The Morgan fingerprint density at radius 3 is 3.14 bits per heavy atom. The zero-order valence-electron chi connectivity index (χ0n) is 7.95. The molecule has 0 aliphatic rings. The van der Waals surface area contributed by atoms with E-state index in [4.69, 9.17) is 0 Å². The fraction of sp³-hybridized carbons (Fsp3) is 0.333. The van der Waals surface area contributed by atoms with Crippen molar-refractivity contribution in [3.05, 3.63) is 28.5 Å². The average Bonchev–Trinajstić information content (AvgIpc) is 2.77. The van der Waals surface area contributed by atoms with Crippen LogP contribution in [0.1, 0.15) is 10.7 Å². The maximum atomic E-state index is 4.38. The van der Waals surface area contributed by atoms with Crippen LogP contribution in [0.4, 0.5) is 5.95 Å². The summed E-state index contributed by atoms with van der Waals surface area (Å²) in [6.07, 6.45) is 4.48. The van der Waals surface area contributed by atoms with E-state index in [9.17, 15) is 0 Å². The topological polar surface area (TPSA) is 53.6 Å². The molecule has 2 aromatic rings. The van der Waals surface area contributed by atoms with E-state index >= 15 is 0 Å². The molecule has 14 heavy (non-hydrogen) atoms. The molecule has 0 spiro atoms. The second kappa shape index (κ2) is 4.23. The van der Waals surface area contributed by atoms with Crippen molar-refractivity contribution in [3.63, 3.8) is 0 Å². The van der Waals surface area contributed by atoms with E-state index in [2.05, 4.69) is 25.6 Å². The lowest BCUT2D eigenvalue weighted by molar-refractivity contribution is 0.971. The molecule has 0 atom stereocenters. The molecule has 0 unspecified atom stereocenters. The summed E-state index contributed by atoms with van der Waals surface area (Å²) in [5, 5.41) is 6.42. The molecule has 0 aliphatic carbocycles. The van der Waals surface area contributed by atoms with Crippen LogP contribution in [0.15, 0.2) is 17.8 Å². The van der Waals surface area contributed by atoms with Crippen molar-refractivity contribution in [2.24, 2.45) is 0 Å². The third-order valence-corrected chi connectivity index (χ3v) is 2.82. The number of hydrogen-bond donors (Lipinski definition) is 2. The molecule has 0 saturated carbocycles. The number of imidazole rings is 1. The van der Waals surface area contributed by atoms with Gasteiger partial charge in [0.25, 0.3) is 0 Å². The van der Waals surface area contributed by atoms with Crippen molar-refractivity contribution in [2.45, 2.75) is 13.3 Å². The van der Waals surface area contributed by atoms with Gasteiger partial charge in [0.05, 0.1) is 5.01 Å². The minimum Gasteiger partial charge on any atom is -0.355 e. The van der Waals surface area contributed by atoms with Crippen LogP contribution in [0.2, 0.25) is 0 Å². The van der Waals surface area contributed by atoms with Gasteiger partial charge < -0.3 is 10.3 Å². The summed E-state index contributed by atoms with van der Waals surface area (Å²) >= 11 is 1.71. The van der Waals surface area contributed by atoms with E-state index in [1.165, 1.54) is 5.01 Å². The number of nitrogens with zero attached hydrogens (tertiary/aromatic N) is 2. The number of anilines is 1. The van der Waals surface area contributed by atoms with E-state index in [1.54, 1.807) is 23.7 Å². The molecule has 0 saturated heterocycles. The zero-order valence-corrected chi connectivity index (χ0v) is 8.77. The highest BCUT2D eigenvalue weighted by molar-refractivity contribution is 7.09. The van der Waals surface area contributed by atoms with Gasteiger partial charge in [0.15, 0.2) is 5.95 Å². The molecular weight excluding hydrogens is 196 g/mol. The van der Waals surface area contributed by atoms with Crippen LogP contribution >= 0.6 is 11.3 Å². The molecule has 2 rings (SSSR count). The molecule has 2 aromatic heterocycles. The number of nitrogens with one attached hydrogen (secondary N) is 2. The Kier molecular flexibility index (Phi) is 2.78.